The number of benzene rings is 13. The van der Waals surface area contributed by atoms with Crippen LogP contribution in [0.15, 0.2) is 279 Å². The van der Waals surface area contributed by atoms with E-state index in [1.54, 1.807) is 11.1 Å². The highest BCUT2D eigenvalue weighted by Gasteiger charge is 2.42. The Morgan fingerprint density at radius 2 is 0.535 bits per heavy atom. The number of rotatable bonds is 19. The highest BCUT2D eigenvalue weighted by molar-refractivity contribution is 6.23. The summed E-state index contributed by atoms with van der Waals surface area (Å²) in [4.78, 5) is 2.28. The van der Waals surface area contributed by atoms with E-state index in [-0.39, 0.29) is 5.41 Å². The Balaban J connectivity index is 0.000000147. The van der Waals surface area contributed by atoms with E-state index in [4.69, 9.17) is 0 Å². The van der Waals surface area contributed by atoms with E-state index in [1.807, 2.05) is 24.3 Å². The van der Waals surface area contributed by atoms with Gasteiger partial charge in [-0.3, -0.25) is 0 Å². The van der Waals surface area contributed by atoms with Crippen molar-refractivity contribution in [3.63, 3.8) is 0 Å². The highest BCUT2D eigenvalue weighted by atomic mass is 15.1. The topological polar surface area (TPSA) is 3.24 Å². The van der Waals surface area contributed by atoms with Gasteiger partial charge in [0.1, 0.15) is 0 Å². The Hall–Kier alpha value is -9.56. The first-order valence-corrected chi connectivity index (χ1v) is 37.0. The molecule has 1 aliphatic carbocycles. The van der Waals surface area contributed by atoms with E-state index < -0.39 is 0 Å². The molecule has 0 spiro atoms. The molecule has 13 aromatic carbocycles. The van der Waals surface area contributed by atoms with E-state index in [0.29, 0.717) is 0 Å². The van der Waals surface area contributed by atoms with Crippen LogP contribution in [-0.2, 0) is 5.41 Å². The predicted octanol–water partition coefficient (Wildman–Crippen LogP) is 29.2. The fourth-order valence-corrected chi connectivity index (χ4v) is 14.3. The van der Waals surface area contributed by atoms with Crippen LogP contribution in [0, 0.1) is 62.3 Å². The van der Waals surface area contributed by atoms with Gasteiger partial charge >= 0.3 is 0 Å². The molecule has 1 nitrogen and oxygen atoms in total. The maximum absolute atomic E-state index is 2.53. The van der Waals surface area contributed by atoms with Gasteiger partial charge in [-0.25, -0.2) is 0 Å². The van der Waals surface area contributed by atoms with E-state index in [0.717, 1.165) is 0 Å². The molecule has 504 valence electrons. The highest BCUT2D eigenvalue weighted by Crippen LogP contribution is 2.55. The van der Waals surface area contributed by atoms with Crippen molar-refractivity contribution in [2.24, 2.45) is 0 Å². The van der Waals surface area contributed by atoms with Crippen LogP contribution in [0.5, 0.6) is 0 Å². The molecule has 0 saturated heterocycles. The molecule has 1 aliphatic rings. The van der Waals surface area contributed by atoms with Crippen molar-refractivity contribution >= 4 is 49.4 Å². The molecule has 13 aromatic rings. The molecule has 0 amide bonds. The average Bonchev–Trinajstić information content (AvgIpc) is 1.72. The standard InChI is InChI=1S/C32H24.C31H46.C20H19N.C8H10.C7H8/c1-21-11-15-23(16-12-21)31-27-9-5-6-10-28(27)32(24-17-13-22(2)14-18-24)30-20-26-8-4-3-7-25(26)19-29(30)31;1-5-7-9-11-13-15-21-31(22-16-14-12-10-8-6-2)29-23-25(3)17-19-27(29)28-20-18-26(4)24-30(28)31;1-16-8-12-19(13-9-16)21(18-6-4-3-5-7-18)20-14-10-17(2)11-15-20;1-7-3-5-8(2)6-4-7;1-7-5-3-2-4-6-7/h3-20H,1-2H3;17-20,23-24H,5-16,21-22H2,1-4H3;3-15H,1-2H3;3-6H,1-2H3;2-6H,1H3. The summed E-state index contributed by atoms with van der Waals surface area (Å²) in [5, 5.41) is 7.77. The molecular weight excluding hydrogens is 1190 g/mol. The van der Waals surface area contributed by atoms with Crippen LogP contribution in [0.3, 0.4) is 0 Å². The fourth-order valence-electron chi connectivity index (χ4n) is 14.3. The molecule has 0 bridgehead atoms. The average molecular weight is 1300 g/mol. The van der Waals surface area contributed by atoms with Gasteiger partial charge in [0.05, 0.1) is 0 Å². The van der Waals surface area contributed by atoms with Gasteiger partial charge < -0.3 is 4.90 Å². The normalized spacial score (nSPS) is 11.6. The maximum Gasteiger partial charge on any atom is 0.0461 e. The van der Waals surface area contributed by atoms with Crippen LogP contribution in [0.4, 0.5) is 17.1 Å². The zero-order valence-electron chi connectivity index (χ0n) is 61.4. The van der Waals surface area contributed by atoms with Crippen molar-refractivity contribution in [1.82, 2.24) is 0 Å². The number of anilines is 3. The zero-order valence-corrected chi connectivity index (χ0v) is 61.4. The second-order valence-corrected chi connectivity index (χ2v) is 28.1. The van der Waals surface area contributed by atoms with Gasteiger partial charge in [-0.1, -0.05) is 371 Å². The number of hydrogen-bond acceptors (Lipinski definition) is 1. The first-order chi connectivity index (χ1) is 48.2. The van der Waals surface area contributed by atoms with Gasteiger partial charge in [-0.2, -0.15) is 0 Å². The molecule has 0 heterocycles. The van der Waals surface area contributed by atoms with Crippen molar-refractivity contribution in [3.05, 3.63) is 340 Å². The molecule has 99 heavy (non-hydrogen) atoms. The van der Waals surface area contributed by atoms with Gasteiger partial charge in [0, 0.05) is 22.5 Å². The summed E-state index contributed by atoms with van der Waals surface area (Å²) in [6.45, 7) is 24.0. The second kappa shape index (κ2) is 35.8. The summed E-state index contributed by atoms with van der Waals surface area (Å²) >= 11 is 0. The van der Waals surface area contributed by atoms with Crippen molar-refractivity contribution < 1.29 is 0 Å². The number of unbranched alkanes of at least 4 members (excludes halogenated alkanes) is 10. The largest absolute Gasteiger partial charge is 0.311 e. The lowest BCUT2D eigenvalue weighted by molar-refractivity contribution is 0.397. The van der Waals surface area contributed by atoms with E-state index in [9.17, 15) is 0 Å². The van der Waals surface area contributed by atoms with Crippen LogP contribution in [0.2, 0.25) is 0 Å². The van der Waals surface area contributed by atoms with Crippen molar-refractivity contribution in [3.8, 4) is 33.4 Å². The van der Waals surface area contributed by atoms with Crippen LogP contribution in [-0.4, -0.2) is 0 Å². The molecule has 0 fully saturated rings. The molecule has 0 N–H and O–H groups in total. The number of hydrogen-bond donors (Lipinski definition) is 0. The van der Waals surface area contributed by atoms with Gasteiger partial charge in [-0.15, -0.1) is 0 Å². The SMILES string of the molecule is CCCCCCCCC1(CCCCCCCC)c2cc(C)ccc2-c2ccc(C)cc21.Cc1ccc(-c2c3ccccc3c(-c3ccc(C)cc3)c3cc4ccccc4cc23)cc1.Cc1ccc(C)cc1.Cc1ccc(N(c2ccccc2)c2ccc(C)cc2)cc1.Cc1ccccc1. The Kier molecular flexibility index (Phi) is 26.1. The van der Waals surface area contributed by atoms with Crippen LogP contribution >= 0.6 is 0 Å². The molecule has 0 saturated carbocycles. The van der Waals surface area contributed by atoms with Gasteiger partial charge in [0.25, 0.3) is 0 Å². The van der Waals surface area contributed by atoms with Gasteiger partial charge in [0.2, 0.25) is 0 Å². The monoisotopic (exact) mass is 1300 g/mol. The van der Waals surface area contributed by atoms with Crippen LogP contribution < -0.4 is 4.90 Å². The van der Waals surface area contributed by atoms with Crippen LogP contribution in [0.1, 0.15) is 165 Å². The Morgan fingerprint density at radius 3 is 0.899 bits per heavy atom. The van der Waals surface area contributed by atoms with Gasteiger partial charge in [-0.05, 0) is 201 Å². The molecular formula is C98H107N. The molecule has 0 aromatic heterocycles. The first-order valence-electron chi connectivity index (χ1n) is 37.0. The lowest BCUT2D eigenvalue weighted by Gasteiger charge is -2.33. The summed E-state index contributed by atoms with van der Waals surface area (Å²) < 4.78 is 0. The summed E-state index contributed by atoms with van der Waals surface area (Å²) in [5.74, 6) is 0. The fraction of sp³-hybridized carbons (Fsp3) is 0.265. The lowest BCUT2D eigenvalue weighted by Crippen LogP contribution is -2.25. The smallest absolute Gasteiger partial charge is 0.0461 e. The Morgan fingerprint density at radius 1 is 0.242 bits per heavy atom. The molecule has 0 atom stereocenters. The van der Waals surface area contributed by atoms with Crippen molar-refractivity contribution in [2.45, 2.75) is 171 Å². The number of para-hydroxylation sites is 1. The number of nitrogens with zero attached hydrogens (tertiary/aromatic N) is 1. The van der Waals surface area contributed by atoms with E-state index in [2.05, 4.69) is 336 Å². The number of fused-ring (bicyclic) bond motifs is 6. The van der Waals surface area contributed by atoms with Crippen molar-refractivity contribution in [2.75, 3.05) is 4.90 Å². The quantitative estimate of drug-likeness (QED) is 0.0576. The third-order valence-electron chi connectivity index (χ3n) is 19.9. The summed E-state index contributed by atoms with van der Waals surface area (Å²) in [7, 11) is 0. The molecule has 0 unspecified atom stereocenters. The first kappa shape index (κ1) is 72.2. The van der Waals surface area contributed by atoms with Crippen molar-refractivity contribution in [1.29, 1.82) is 0 Å². The number of aryl methyl sites for hydroxylation is 9. The van der Waals surface area contributed by atoms with E-state index in [1.165, 1.54) is 223 Å². The molecule has 0 radical (unpaired) electrons. The van der Waals surface area contributed by atoms with E-state index >= 15 is 0 Å². The summed E-state index contributed by atoms with van der Waals surface area (Å²) in [5.41, 5.74) is 27.1. The minimum Gasteiger partial charge on any atom is -0.311 e. The van der Waals surface area contributed by atoms with Crippen LogP contribution in [0.25, 0.3) is 65.7 Å². The lowest BCUT2D eigenvalue weighted by atomic mass is 9.70. The summed E-state index contributed by atoms with van der Waals surface area (Å²) in [6.07, 6.45) is 19.2. The maximum atomic E-state index is 2.53. The minimum atomic E-state index is 0.234. The molecule has 0 aliphatic heterocycles. The Bertz CT molecular complexity index is 4360. The Labute approximate surface area is 595 Å². The molecule has 1 heteroatoms. The van der Waals surface area contributed by atoms with Gasteiger partial charge in [0.15, 0.2) is 0 Å². The summed E-state index contributed by atoms with van der Waals surface area (Å²) in [6, 6.07) is 101. The minimum absolute atomic E-state index is 0.234. The third kappa shape index (κ3) is 19.0. The second-order valence-electron chi connectivity index (χ2n) is 28.1. The third-order valence-corrected chi connectivity index (χ3v) is 19.9. The predicted molar refractivity (Wildman–Crippen MR) is 435 cm³/mol. The molecule has 14 rings (SSSR count). The zero-order chi connectivity index (χ0) is 69.5.